The third-order valence-electron chi connectivity index (χ3n) is 6.25. The number of hydrazone groups is 1. The highest BCUT2D eigenvalue weighted by Gasteiger charge is 2.21. The molecule has 2 N–H and O–H groups in total. The van der Waals surface area contributed by atoms with E-state index in [1.165, 1.54) is 16.8 Å². The molecular formula is C27H31N5O2. The van der Waals surface area contributed by atoms with Crippen molar-refractivity contribution in [2.24, 2.45) is 5.10 Å². The molecule has 7 nitrogen and oxygen atoms in total. The summed E-state index contributed by atoms with van der Waals surface area (Å²) in [6.45, 7) is 6.76. The highest BCUT2D eigenvalue weighted by atomic mass is 16.5. The van der Waals surface area contributed by atoms with Crippen LogP contribution in [0.15, 0.2) is 65.8 Å². The molecule has 5 rings (SSSR count). The van der Waals surface area contributed by atoms with Crippen LogP contribution in [0.5, 0.6) is 5.88 Å². The molecule has 1 saturated heterocycles. The first-order valence-corrected chi connectivity index (χ1v) is 11.9. The van der Waals surface area contributed by atoms with E-state index in [9.17, 15) is 0 Å². The Bertz CT molecular complexity index is 1140. The predicted molar refractivity (Wildman–Crippen MR) is 137 cm³/mol. The van der Waals surface area contributed by atoms with Gasteiger partial charge in [0.25, 0.3) is 0 Å². The van der Waals surface area contributed by atoms with Crippen LogP contribution in [0.25, 0.3) is 0 Å². The number of rotatable bonds is 8. The number of aryl methyl sites for hydroxylation is 1. The highest BCUT2D eigenvalue weighted by molar-refractivity contribution is 5.80. The van der Waals surface area contributed by atoms with Crippen LogP contribution >= 0.6 is 0 Å². The Kier molecular flexibility index (Phi) is 6.91. The van der Waals surface area contributed by atoms with Crippen molar-refractivity contribution in [3.05, 3.63) is 77.4 Å². The summed E-state index contributed by atoms with van der Waals surface area (Å²) in [5.74, 6) is 1.72. The second-order valence-corrected chi connectivity index (χ2v) is 8.73. The molecule has 1 aromatic heterocycles. The van der Waals surface area contributed by atoms with Gasteiger partial charge in [0, 0.05) is 49.1 Å². The molecule has 176 valence electrons. The van der Waals surface area contributed by atoms with Gasteiger partial charge in [-0.2, -0.15) is 10.1 Å². The Morgan fingerprint density at radius 1 is 1.15 bits per heavy atom. The maximum Gasteiger partial charge on any atom is 0.217 e. The summed E-state index contributed by atoms with van der Waals surface area (Å²) < 4.78 is 11.7. The summed E-state index contributed by atoms with van der Waals surface area (Å²) in [6.07, 6.45) is 2.74. The number of hydrogen-bond acceptors (Lipinski definition) is 7. The summed E-state index contributed by atoms with van der Waals surface area (Å²) in [5.41, 5.74) is 9.00. The number of fused-ring (bicyclic) bond motifs is 1. The van der Waals surface area contributed by atoms with E-state index >= 15 is 0 Å². The number of hydrogen-bond donors (Lipinski definition) is 2. The van der Waals surface area contributed by atoms with Gasteiger partial charge in [-0.25, -0.2) is 0 Å². The fraction of sp³-hybridized carbons (Fsp3) is 0.333. The summed E-state index contributed by atoms with van der Waals surface area (Å²) >= 11 is 0. The van der Waals surface area contributed by atoms with Gasteiger partial charge < -0.3 is 19.7 Å². The average molecular weight is 458 g/mol. The molecular weight excluding hydrogens is 426 g/mol. The summed E-state index contributed by atoms with van der Waals surface area (Å²) in [4.78, 5) is 6.96. The van der Waals surface area contributed by atoms with Gasteiger partial charge in [0.1, 0.15) is 0 Å². The van der Waals surface area contributed by atoms with E-state index in [1.807, 2.05) is 24.3 Å². The monoisotopic (exact) mass is 457 g/mol. The summed E-state index contributed by atoms with van der Waals surface area (Å²) in [5, 5.41) is 7.89. The largest absolute Gasteiger partial charge is 0.478 e. The van der Waals surface area contributed by atoms with Gasteiger partial charge >= 0.3 is 0 Å². The molecule has 7 heteroatoms. The van der Waals surface area contributed by atoms with Gasteiger partial charge in [0.15, 0.2) is 5.82 Å². The van der Waals surface area contributed by atoms with Gasteiger partial charge in [-0.1, -0.05) is 48.0 Å². The van der Waals surface area contributed by atoms with Crippen molar-refractivity contribution < 1.29 is 9.47 Å². The number of aromatic nitrogens is 1. The molecule has 0 saturated carbocycles. The normalized spacial score (nSPS) is 17.4. The van der Waals surface area contributed by atoms with E-state index in [0.717, 1.165) is 50.5 Å². The number of anilines is 3. The molecule has 0 aliphatic carbocycles. The van der Waals surface area contributed by atoms with E-state index in [0.29, 0.717) is 24.2 Å². The Morgan fingerprint density at radius 3 is 2.91 bits per heavy atom. The SMILES string of the molecule is Cc1cccc(/C=N/Nc2cc(N3CCOCC3)cc(OCCC3CNc4ccccc43)n2)c1. The lowest BCUT2D eigenvalue weighted by Gasteiger charge is -2.29. The maximum atomic E-state index is 6.15. The van der Waals surface area contributed by atoms with E-state index in [-0.39, 0.29) is 0 Å². The minimum absolute atomic E-state index is 0.454. The number of benzene rings is 2. The molecule has 0 spiro atoms. The van der Waals surface area contributed by atoms with Crippen molar-refractivity contribution in [1.82, 2.24) is 4.98 Å². The number of para-hydroxylation sites is 1. The van der Waals surface area contributed by atoms with Crippen molar-refractivity contribution in [2.75, 3.05) is 55.1 Å². The third-order valence-corrected chi connectivity index (χ3v) is 6.25. The second-order valence-electron chi connectivity index (χ2n) is 8.73. The van der Waals surface area contributed by atoms with E-state index in [2.05, 4.69) is 69.0 Å². The molecule has 2 aliphatic heterocycles. The number of nitrogens with zero attached hydrogens (tertiary/aromatic N) is 3. The molecule has 0 amide bonds. The van der Waals surface area contributed by atoms with Gasteiger partial charge in [-0.05, 0) is 30.5 Å². The van der Waals surface area contributed by atoms with Crippen molar-refractivity contribution in [2.45, 2.75) is 19.3 Å². The highest BCUT2D eigenvalue weighted by Crippen LogP contribution is 2.33. The first-order chi connectivity index (χ1) is 16.7. The minimum Gasteiger partial charge on any atom is -0.478 e. The van der Waals surface area contributed by atoms with Gasteiger partial charge in [0.05, 0.1) is 26.0 Å². The number of ether oxygens (including phenoxy) is 2. The van der Waals surface area contributed by atoms with E-state index in [1.54, 1.807) is 6.21 Å². The summed E-state index contributed by atoms with van der Waals surface area (Å²) in [6, 6.07) is 20.8. The average Bonchev–Trinajstić information content (AvgIpc) is 3.28. The van der Waals surface area contributed by atoms with Gasteiger partial charge in [-0.15, -0.1) is 0 Å². The maximum absolute atomic E-state index is 6.15. The number of pyridine rings is 1. The topological polar surface area (TPSA) is 71.0 Å². The van der Waals surface area contributed by atoms with E-state index in [4.69, 9.17) is 9.47 Å². The zero-order chi connectivity index (χ0) is 23.2. The predicted octanol–water partition coefficient (Wildman–Crippen LogP) is 4.65. The fourth-order valence-corrected chi connectivity index (χ4v) is 4.47. The Labute approximate surface area is 200 Å². The quantitative estimate of drug-likeness (QED) is 0.379. The Balaban J connectivity index is 1.27. The lowest BCUT2D eigenvalue weighted by molar-refractivity contribution is 0.122. The molecule has 3 aromatic rings. The standard InChI is InChI=1S/C27H31N5O2/c1-20-5-4-6-21(15-20)18-29-31-26-16-23(32-10-13-33-14-11-32)17-27(30-26)34-12-9-22-19-28-25-8-3-2-7-24(22)25/h2-8,15-18,22,28H,9-14,19H2,1H3,(H,30,31)/b29-18+. The van der Waals surface area contributed by atoms with Gasteiger partial charge in [-0.3, -0.25) is 5.43 Å². The number of nitrogens with one attached hydrogen (secondary N) is 2. The van der Waals surface area contributed by atoms with Crippen LogP contribution in [0.4, 0.5) is 17.2 Å². The lowest BCUT2D eigenvalue weighted by atomic mass is 9.98. The van der Waals surface area contributed by atoms with Crippen molar-refractivity contribution >= 4 is 23.4 Å². The zero-order valence-electron chi connectivity index (χ0n) is 19.5. The lowest BCUT2D eigenvalue weighted by Crippen LogP contribution is -2.36. The smallest absolute Gasteiger partial charge is 0.217 e. The zero-order valence-corrected chi connectivity index (χ0v) is 19.5. The van der Waals surface area contributed by atoms with Gasteiger partial charge in [0.2, 0.25) is 5.88 Å². The first kappa shape index (κ1) is 22.2. The van der Waals surface area contributed by atoms with E-state index < -0.39 is 0 Å². The van der Waals surface area contributed by atoms with Crippen LogP contribution in [-0.2, 0) is 4.74 Å². The molecule has 2 aliphatic rings. The van der Waals surface area contributed by atoms with Crippen LogP contribution in [0.3, 0.4) is 0 Å². The Morgan fingerprint density at radius 2 is 2.03 bits per heavy atom. The summed E-state index contributed by atoms with van der Waals surface area (Å²) in [7, 11) is 0. The molecule has 1 unspecified atom stereocenters. The fourth-order valence-electron chi connectivity index (χ4n) is 4.47. The third kappa shape index (κ3) is 5.48. The molecule has 1 atom stereocenters. The van der Waals surface area contributed by atoms with Crippen LogP contribution in [-0.4, -0.2) is 50.7 Å². The van der Waals surface area contributed by atoms with Crippen LogP contribution in [0.2, 0.25) is 0 Å². The molecule has 3 heterocycles. The van der Waals surface area contributed by atoms with Crippen molar-refractivity contribution in [1.29, 1.82) is 0 Å². The Hall–Kier alpha value is -3.58. The van der Waals surface area contributed by atoms with Crippen LogP contribution < -0.4 is 20.4 Å². The van der Waals surface area contributed by atoms with Crippen molar-refractivity contribution in [3.8, 4) is 5.88 Å². The molecule has 0 bridgehead atoms. The van der Waals surface area contributed by atoms with Crippen LogP contribution in [0, 0.1) is 6.92 Å². The molecule has 0 radical (unpaired) electrons. The van der Waals surface area contributed by atoms with Crippen molar-refractivity contribution in [3.63, 3.8) is 0 Å². The second kappa shape index (κ2) is 10.6. The number of morpholine rings is 1. The molecule has 1 fully saturated rings. The molecule has 34 heavy (non-hydrogen) atoms. The molecule has 2 aromatic carbocycles. The van der Waals surface area contributed by atoms with Crippen LogP contribution in [0.1, 0.15) is 29.0 Å². The first-order valence-electron chi connectivity index (χ1n) is 11.9. The minimum atomic E-state index is 0.454.